The van der Waals surface area contributed by atoms with E-state index in [4.69, 9.17) is 11.6 Å². The molecule has 2 rings (SSSR count). The molecule has 6 heteroatoms. The van der Waals surface area contributed by atoms with Crippen molar-refractivity contribution in [3.63, 3.8) is 0 Å². The van der Waals surface area contributed by atoms with Crippen LogP contribution in [0.15, 0.2) is 23.6 Å². The second kappa shape index (κ2) is 4.35. The summed E-state index contributed by atoms with van der Waals surface area (Å²) in [5.74, 6) is 5.45. The summed E-state index contributed by atoms with van der Waals surface area (Å²) in [6, 6.07) is 5.45. The van der Waals surface area contributed by atoms with E-state index in [2.05, 4.69) is 14.8 Å². The summed E-state index contributed by atoms with van der Waals surface area (Å²) in [7, 11) is 0. The molecule has 0 spiro atoms. The first kappa shape index (κ1) is 10.0. The standard InChI is InChI=1S/C9H10N4OS/c10-8-3-1-2-7(13-8)9-12-6(4-14-11)5-15-9/h1-3,5H,4,11H2,(H2,10,13). The third kappa shape index (κ3) is 2.30. The van der Waals surface area contributed by atoms with Crippen LogP contribution in [0.2, 0.25) is 0 Å². The van der Waals surface area contributed by atoms with Crippen molar-refractivity contribution in [3.05, 3.63) is 29.3 Å². The fraction of sp³-hybridized carbons (Fsp3) is 0.111. The molecule has 0 fully saturated rings. The monoisotopic (exact) mass is 222 g/mol. The number of nitrogens with zero attached hydrogens (tertiary/aromatic N) is 2. The summed E-state index contributed by atoms with van der Waals surface area (Å²) in [5.41, 5.74) is 7.14. The number of thiazole rings is 1. The Morgan fingerprint density at radius 1 is 1.33 bits per heavy atom. The molecule has 2 aromatic heterocycles. The smallest absolute Gasteiger partial charge is 0.142 e. The van der Waals surface area contributed by atoms with Gasteiger partial charge in [0.15, 0.2) is 0 Å². The Bertz CT molecular complexity index is 457. The predicted octanol–water partition coefficient (Wildman–Crippen LogP) is 1.18. The Morgan fingerprint density at radius 2 is 2.20 bits per heavy atom. The fourth-order valence-electron chi connectivity index (χ4n) is 1.15. The molecule has 0 bridgehead atoms. The molecule has 5 nitrogen and oxygen atoms in total. The highest BCUT2D eigenvalue weighted by Gasteiger charge is 2.05. The Hall–Kier alpha value is -1.50. The zero-order valence-corrected chi connectivity index (χ0v) is 8.70. The van der Waals surface area contributed by atoms with E-state index in [9.17, 15) is 0 Å². The van der Waals surface area contributed by atoms with Gasteiger partial charge >= 0.3 is 0 Å². The van der Waals surface area contributed by atoms with Gasteiger partial charge in [0.2, 0.25) is 0 Å². The number of nitrogens with two attached hydrogens (primary N) is 2. The van der Waals surface area contributed by atoms with Gasteiger partial charge in [0.1, 0.15) is 23.1 Å². The molecule has 0 amide bonds. The van der Waals surface area contributed by atoms with Gasteiger partial charge in [-0.15, -0.1) is 11.3 Å². The molecular weight excluding hydrogens is 212 g/mol. The van der Waals surface area contributed by atoms with E-state index in [-0.39, 0.29) is 0 Å². The SMILES string of the molecule is NOCc1csc(-c2cccc(N)n2)n1. The molecular formula is C9H10N4OS. The van der Waals surface area contributed by atoms with E-state index in [0.717, 1.165) is 16.4 Å². The van der Waals surface area contributed by atoms with Crippen LogP contribution in [0.25, 0.3) is 10.7 Å². The lowest BCUT2D eigenvalue weighted by molar-refractivity contribution is 0.122. The van der Waals surface area contributed by atoms with E-state index in [0.29, 0.717) is 12.4 Å². The first-order valence-electron chi connectivity index (χ1n) is 4.28. The number of pyridine rings is 1. The number of hydrogen-bond acceptors (Lipinski definition) is 6. The van der Waals surface area contributed by atoms with Gasteiger partial charge in [0, 0.05) is 5.38 Å². The largest absolute Gasteiger partial charge is 0.384 e. The molecule has 0 aliphatic carbocycles. The summed E-state index contributed by atoms with van der Waals surface area (Å²) >= 11 is 1.49. The maximum atomic E-state index is 5.58. The minimum absolute atomic E-state index is 0.304. The Morgan fingerprint density at radius 3 is 2.93 bits per heavy atom. The van der Waals surface area contributed by atoms with E-state index in [1.807, 2.05) is 17.5 Å². The van der Waals surface area contributed by atoms with Crippen LogP contribution in [-0.2, 0) is 11.4 Å². The van der Waals surface area contributed by atoms with Crippen LogP contribution in [0, 0.1) is 0 Å². The highest BCUT2D eigenvalue weighted by Crippen LogP contribution is 2.22. The van der Waals surface area contributed by atoms with Gasteiger partial charge in [0.05, 0.1) is 5.69 Å². The fourth-order valence-corrected chi connectivity index (χ4v) is 1.92. The highest BCUT2D eigenvalue weighted by molar-refractivity contribution is 7.13. The molecule has 0 saturated heterocycles. The van der Waals surface area contributed by atoms with Gasteiger partial charge in [0.25, 0.3) is 0 Å². The van der Waals surface area contributed by atoms with Gasteiger partial charge in [-0.25, -0.2) is 15.9 Å². The van der Waals surface area contributed by atoms with Crippen molar-refractivity contribution in [2.75, 3.05) is 5.73 Å². The third-order valence-electron chi connectivity index (χ3n) is 1.77. The minimum atomic E-state index is 0.304. The highest BCUT2D eigenvalue weighted by atomic mass is 32.1. The summed E-state index contributed by atoms with van der Waals surface area (Å²) < 4.78 is 0. The minimum Gasteiger partial charge on any atom is -0.384 e. The lowest BCUT2D eigenvalue weighted by atomic mass is 10.3. The van der Waals surface area contributed by atoms with Gasteiger partial charge in [-0.05, 0) is 12.1 Å². The van der Waals surface area contributed by atoms with Crippen molar-refractivity contribution < 1.29 is 4.84 Å². The quantitative estimate of drug-likeness (QED) is 0.761. The Balaban J connectivity index is 2.29. The number of hydrogen-bond donors (Lipinski definition) is 2. The van der Waals surface area contributed by atoms with E-state index in [1.165, 1.54) is 11.3 Å². The Labute approximate surface area is 90.7 Å². The average Bonchev–Trinajstić information content (AvgIpc) is 2.67. The second-order valence-electron chi connectivity index (χ2n) is 2.90. The molecule has 15 heavy (non-hydrogen) atoms. The van der Waals surface area contributed by atoms with Gasteiger partial charge in [-0.3, -0.25) is 4.84 Å². The van der Waals surface area contributed by atoms with Crippen molar-refractivity contribution in [1.82, 2.24) is 9.97 Å². The lowest BCUT2D eigenvalue weighted by Gasteiger charge is -1.96. The third-order valence-corrected chi connectivity index (χ3v) is 2.69. The van der Waals surface area contributed by atoms with E-state index in [1.54, 1.807) is 6.07 Å². The molecule has 0 saturated carbocycles. The summed E-state index contributed by atoms with van der Waals surface area (Å²) in [5, 5.41) is 2.70. The van der Waals surface area contributed by atoms with Crippen LogP contribution < -0.4 is 11.6 Å². The molecule has 0 aliphatic rings. The van der Waals surface area contributed by atoms with Crippen molar-refractivity contribution in [1.29, 1.82) is 0 Å². The Kier molecular flexibility index (Phi) is 2.91. The first-order valence-corrected chi connectivity index (χ1v) is 5.16. The van der Waals surface area contributed by atoms with E-state index < -0.39 is 0 Å². The zero-order chi connectivity index (χ0) is 10.7. The number of nitrogen functional groups attached to an aromatic ring is 1. The normalized spacial score (nSPS) is 10.5. The molecule has 2 aromatic rings. The second-order valence-corrected chi connectivity index (χ2v) is 3.76. The van der Waals surface area contributed by atoms with Gasteiger partial charge in [-0.2, -0.15) is 0 Å². The maximum Gasteiger partial charge on any atom is 0.142 e. The zero-order valence-electron chi connectivity index (χ0n) is 7.88. The van der Waals surface area contributed by atoms with Crippen molar-refractivity contribution in [2.45, 2.75) is 6.61 Å². The molecule has 0 aliphatic heterocycles. The molecule has 2 heterocycles. The van der Waals surface area contributed by atoms with Crippen molar-refractivity contribution >= 4 is 17.2 Å². The first-order chi connectivity index (χ1) is 7.29. The molecule has 4 N–H and O–H groups in total. The lowest BCUT2D eigenvalue weighted by Crippen LogP contribution is -1.99. The number of aromatic nitrogens is 2. The summed E-state index contributed by atoms with van der Waals surface area (Å²) in [4.78, 5) is 13.0. The topological polar surface area (TPSA) is 87.0 Å². The van der Waals surface area contributed by atoms with Crippen molar-refractivity contribution in [3.8, 4) is 10.7 Å². The molecule has 0 unspecified atom stereocenters. The van der Waals surface area contributed by atoms with Crippen LogP contribution in [0.1, 0.15) is 5.69 Å². The van der Waals surface area contributed by atoms with Crippen LogP contribution in [0.3, 0.4) is 0 Å². The van der Waals surface area contributed by atoms with E-state index >= 15 is 0 Å². The number of anilines is 1. The van der Waals surface area contributed by atoms with Crippen LogP contribution in [0.4, 0.5) is 5.82 Å². The molecule has 0 aromatic carbocycles. The van der Waals surface area contributed by atoms with Crippen LogP contribution in [-0.4, -0.2) is 9.97 Å². The van der Waals surface area contributed by atoms with Gasteiger partial charge < -0.3 is 5.73 Å². The molecule has 78 valence electrons. The molecule has 0 radical (unpaired) electrons. The van der Waals surface area contributed by atoms with Crippen LogP contribution >= 0.6 is 11.3 Å². The number of rotatable bonds is 3. The summed E-state index contributed by atoms with van der Waals surface area (Å²) in [6.45, 7) is 0.304. The summed E-state index contributed by atoms with van der Waals surface area (Å²) in [6.07, 6.45) is 0. The predicted molar refractivity (Wildman–Crippen MR) is 58.7 cm³/mol. The average molecular weight is 222 g/mol. The van der Waals surface area contributed by atoms with Crippen LogP contribution in [0.5, 0.6) is 0 Å². The maximum absolute atomic E-state index is 5.58. The molecule has 0 atom stereocenters. The van der Waals surface area contributed by atoms with Gasteiger partial charge in [-0.1, -0.05) is 6.07 Å². The van der Waals surface area contributed by atoms with Crippen molar-refractivity contribution in [2.24, 2.45) is 5.90 Å².